The van der Waals surface area contributed by atoms with E-state index < -0.39 is 5.41 Å². The Labute approximate surface area is 117 Å². The van der Waals surface area contributed by atoms with Crippen LogP contribution in [0.25, 0.3) is 0 Å². The zero-order chi connectivity index (χ0) is 14.2. The first kappa shape index (κ1) is 13.4. The van der Waals surface area contributed by atoms with E-state index in [1.807, 2.05) is 6.92 Å². The number of fused-ring (bicyclic) bond motifs is 1. The van der Waals surface area contributed by atoms with Crippen LogP contribution < -0.4 is 4.74 Å². The van der Waals surface area contributed by atoms with Crippen LogP contribution in [0.5, 0.6) is 5.75 Å². The van der Waals surface area contributed by atoms with E-state index in [-0.39, 0.29) is 18.3 Å². The van der Waals surface area contributed by atoms with Crippen molar-refractivity contribution in [3.8, 4) is 5.75 Å². The van der Waals surface area contributed by atoms with Gasteiger partial charge in [0.25, 0.3) is 0 Å². The van der Waals surface area contributed by atoms with E-state index in [0.29, 0.717) is 44.1 Å². The maximum absolute atomic E-state index is 13.9. The minimum Gasteiger partial charge on any atom is -0.491 e. The molecule has 108 valence electrons. The Bertz CT molecular complexity index is 526. The Hall–Kier alpha value is -1.62. The molecule has 0 aliphatic carbocycles. The largest absolute Gasteiger partial charge is 0.491 e. The third-order valence-electron chi connectivity index (χ3n) is 4.07. The van der Waals surface area contributed by atoms with Gasteiger partial charge in [-0.3, -0.25) is 4.79 Å². The van der Waals surface area contributed by atoms with Crippen molar-refractivity contribution < 1.29 is 18.7 Å². The van der Waals surface area contributed by atoms with Crippen LogP contribution in [-0.2, 0) is 16.1 Å². The molecule has 5 heteroatoms. The van der Waals surface area contributed by atoms with Gasteiger partial charge >= 0.3 is 0 Å². The Morgan fingerprint density at radius 3 is 3.00 bits per heavy atom. The highest BCUT2D eigenvalue weighted by Gasteiger charge is 2.40. The minimum absolute atomic E-state index is 0.0229. The van der Waals surface area contributed by atoms with Gasteiger partial charge in [-0.15, -0.1) is 0 Å². The van der Waals surface area contributed by atoms with Gasteiger partial charge < -0.3 is 14.4 Å². The zero-order valence-corrected chi connectivity index (χ0v) is 11.5. The van der Waals surface area contributed by atoms with Crippen molar-refractivity contribution in [3.63, 3.8) is 0 Å². The van der Waals surface area contributed by atoms with Gasteiger partial charge in [0.05, 0.1) is 25.1 Å². The molecule has 2 heterocycles. The molecule has 1 atom stereocenters. The smallest absolute Gasteiger partial charge is 0.231 e. The van der Waals surface area contributed by atoms with Gasteiger partial charge in [-0.1, -0.05) is 6.07 Å². The van der Waals surface area contributed by atoms with Crippen LogP contribution in [0, 0.1) is 11.2 Å². The van der Waals surface area contributed by atoms with E-state index in [2.05, 4.69) is 0 Å². The van der Waals surface area contributed by atoms with Crippen molar-refractivity contribution in [3.05, 3.63) is 29.6 Å². The first-order valence-electron chi connectivity index (χ1n) is 6.87. The molecule has 2 aliphatic rings. The number of nitrogens with zero attached hydrogens (tertiary/aromatic N) is 1. The second-order valence-corrected chi connectivity index (χ2v) is 5.65. The fourth-order valence-corrected chi connectivity index (χ4v) is 2.75. The van der Waals surface area contributed by atoms with Crippen LogP contribution in [0.15, 0.2) is 18.2 Å². The summed E-state index contributed by atoms with van der Waals surface area (Å²) in [5.41, 5.74) is -0.0312. The highest BCUT2D eigenvalue weighted by molar-refractivity contribution is 5.83. The summed E-state index contributed by atoms with van der Waals surface area (Å²) in [6.07, 6.45) is 0.716. The SMILES string of the molecule is CC1(C(=O)N2CCOc3cccc(F)c3C2)CCOC1. The number of rotatable bonds is 1. The number of hydrogen-bond donors (Lipinski definition) is 0. The molecule has 1 aromatic rings. The van der Waals surface area contributed by atoms with Crippen LogP contribution >= 0.6 is 0 Å². The molecular weight excluding hydrogens is 261 g/mol. The molecule has 1 saturated heterocycles. The van der Waals surface area contributed by atoms with E-state index in [4.69, 9.17) is 9.47 Å². The first-order chi connectivity index (χ1) is 9.60. The molecule has 4 nitrogen and oxygen atoms in total. The van der Waals surface area contributed by atoms with E-state index in [1.54, 1.807) is 17.0 Å². The first-order valence-corrected chi connectivity index (χ1v) is 6.87. The zero-order valence-electron chi connectivity index (χ0n) is 11.5. The fraction of sp³-hybridized carbons (Fsp3) is 0.533. The predicted octanol–water partition coefficient (Wildman–Crippen LogP) is 1.97. The molecule has 1 aromatic carbocycles. The van der Waals surface area contributed by atoms with Gasteiger partial charge in [0.2, 0.25) is 5.91 Å². The molecule has 1 unspecified atom stereocenters. The molecule has 0 aromatic heterocycles. The average molecular weight is 279 g/mol. The second kappa shape index (κ2) is 5.05. The van der Waals surface area contributed by atoms with Gasteiger partial charge in [-0.05, 0) is 25.5 Å². The molecule has 1 amide bonds. The van der Waals surface area contributed by atoms with Crippen molar-refractivity contribution in [2.75, 3.05) is 26.4 Å². The molecular formula is C15H18FNO3. The Morgan fingerprint density at radius 2 is 2.25 bits per heavy atom. The van der Waals surface area contributed by atoms with Crippen LogP contribution in [0.3, 0.4) is 0 Å². The van der Waals surface area contributed by atoms with E-state index >= 15 is 0 Å². The normalized spacial score (nSPS) is 25.8. The van der Waals surface area contributed by atoms with Crippen molar-refractivity contribution in [2.45, 2.75) is 19.9 Å². The topological polar surface area (TPSA) is 38.8 Å². The quantitative estimate of drug-likeness (QED) is 0.789. The lowest BCUT2D eigenvalue weighted by molar-refractivity contribution is -0.142. The molecule has 0 N–H and O–H groups in total. The van der Waals surface area contributed by atoms with Gasteiger partial charge in [0, 0.05) is 12.2 Å². The number of carbonyl (C=O) groups is 1. The minimum atomic E-state index is -0.490. The summed E-state index contributed by atoms with van der Waals surface area (Å²) in [5.74, 6) is 0.234. The summed E-state index contributed by atoms with van der Waals surface area (Å²) in [7, 11) is 0. The highest BCUT2D eigenvalue weighted by Crippen LogP contribution is 2.33. The summed E-state index contributed by atoms with van der Waals surface area (Å²) in [4.78, 5) is 14.3. The van der Waals surface area contributed by atoms with Crippen LogP contribution in [0.1, 0.15) is 18.9 Å². The molecule has 0 spiro atoms. The number of amides is 1. The van der Waals surface area contributed by atoms with Crippen molar-refractivity contribution >= 4 is 5.91 Å². The number of carbonyl (C=O) groups excluding carboxylic acids is 1. The van der Waals surface area contributed by atoms with Crippen LogP contribution in [0.4, 0.5) is 4.39 Å². The predicted molar refractivity (Wildman–Crippen MR) is 70.9 cm³/mol. The van der Waals surface area contributed by atoms with Gasteiger partial charge in [0.15, 0.2) is 0 Å². The monoisotopic (exact) mass is 279 g/mol. The Morgan fingerprint density at radius 1 is 1.40 bits per heavy atom. The van der Waals surface area contributed by atoms with Crippen LogP contribution in [-0.4, -0.2) is 37.2 Å². The molecule has 3 rings (SSSR count). The number of ether oxygens (including phenoxy) is 2. The maximum Gasteiger partial charge on any atom is 0.231 e. The van der Waals surface area contributed by atoms with Gasteiger partial charge in [-0.25, -0.2) is 4.39 Å². The van der Waals surface area contributed by atoms with Gasteiger partial charge in [-0.2, -0.15) is 0 Å². The molecule has 1 fully saturated rings. The van der Waals surface area contributed by atoms with E-state index in [9.17, 15) is 9.18 Å². The molecule has 0 bridgehead atoms. The summed E-state index contributed by atoms with van der Waals surface area (Å²) >= 11 is 0. The summed E-state index contributed by atoms with van der Waals surface area (Å²) in [6.45, 7) is 4.08. The number of benzene rings is 1. The molecule has 0 radical (unpaired) electrons. The second-order valence-electron chi connectivity index (χ2n) is 5.65. The van der Waals surface area contributed by atoms with Crippen molar-refractivity contribution in [1.82, 2.24) is 4.90 Å². The number of halogens is 1. The fourth-order valence-electron chi connectivity index (χ4n) is 2.75. The van der Waals surface area contributed by atoms with Crippen LogP contribution in [0.2, 0.25) is 0 Å². The third-order valence-corrected chi connectivity index (χ3v) is 4.07. The lowest BCUT2D eigenvalue weighted by Crippen LogP contribution is -2.43. The average Bonchev–Trinajstić information content (AvgIpc) is 2.76. The summed E-state index contributed by atoms with van der Waals surface area (Å²) in [6, 6.07) is 4.76. The highest BCUT2D eigenvalue weighted by atomic mass is 19.1. The molecule has 20 heavy (non-hydrogen) atoms. The lowest BCUT2D eigenvalue weighted by atomic mass is 9.88. The van der Waals surface area contributed by atoms with Crippen molar-refractivity contribution in [2.24, 2.45) is 5.41 Å². The molecule has 0 saturated carbocycles. The summed E-state index contributed by atoms with van der Waals surface area (Å²) in [5, 5.41) is 0. The van der Waals surface area contributed by atoms with E-state index in [0.717, 1.165) is 0 Å². The maximum atomic E-state index is 13.9. The number of hydrogen-bond acceptors (Lipinski definition) is 3. The Kier molecular flexibility index (Phi) is 3.38. The Balaban J connectivity index is 1.85. The molecule has 2 aliphatic heterocycles. The van der Waals surface area contributed by atoms with Gasteiger partial charge in [0.1, 0.15) is 18.2 Å². The summed E-state index contributed by atoms with van der Waals surface area (Å²) < 4.78 is 24.8. The third kappa shape index (κ3) is 2.26. The van der Waals surface area contributed by atoms with Crippen molar-refractivity contribution in [1.29, 1.82) is 0 Å². The standard InChI is InChI=1S/C15H18FNO3/c1-15(5-7-19-10-15)14(18)17-6-8-20-13-4-2-3-12(16)11(13)9-17/h2-4H,5-10H2,1H3. The lowest BCUT2D eigenvalue weighted by Gasteiger charge is -2.29. The van der Waals surface area contributed by atoms with E-state index in [1.165, 1.54) is 6.07 Å².